The summed E-state index contributed by atoms with van der Waals surface area (Å²) in [5, 5.41) is 3.54. The van der Waals surface area contributed by atoms with E-state index in [1.165, 1.54) is 0 Å². The maximum atomic E-state index is 13.2. The second kappa shape index (κ2) is 10.5. The van der Waals surface area contributed by atoms with Crippen molar-refractivity contribution in [1.29, 1.82) is 0 Å². The lowest BCUT2D eigenvalue weighted by Gasteiger charge is -2.40. The zero-order valence-corrected chi connectivity index (χ0v) is 21.0. The average Bonchev–Trinajstić information content (AvgIpc) is 3.66. The number of nitrogens with one attached hydrogen (secondary N) is 1. The van der Waals surface area contributed by atoms with Crippen molar-refractivity contribution in [2.45, 2.75) is 32.7 Å². The van der Waals surface area contributed by atoms with Gasteiger partial charge < -0.3 is 15.0 Å². The predicted molar refractivity (Wildman–Crippen MR) is 130 cm³/mol. The number of carbonyl (C=O) groups excluding carboxylic acids is 3. The van der Waals surface area contributed by atoms with Crippen molar-refractivity contribution in [1.82, 2.24) is 20.0 Å². The Morgan fingerprint density at radius 3 is 2.44 bits per heavy atom. The molecule has 0 radical (unpaired) electrons. The minimum absolute atomic E-state index is 0.200. The van der Waals surface area contributed by atoms with E-state index in [1.807, 2.05) is 11.8 Å². The number of esters is 1. The monoisotopic (exact) mass is 508 g/mol. The normalized spacial score (nSPS) is 21.5. The summed E-state index contributed by atoms with van der Waals surface area (Å²) in [6.07, 6.45) is 1.98. The molecule has 184 valence electrons. The molecule has 0 spiro atoms. The molecule has 1 atom stereocenters. The van der Waals surface area contributed by atoms with E-state index < -0.39 is 12.0 Å². The molecule has 1 aromatic rings. The fourth-order valence-corrected chi connectivity index (χ4v) is 4.98. The highest BCUT2D eigenvalue weighted by Crippen LogP contribution is 2.38. The first-order valence-corrected chi connectivity index (χ1v) is 12.5. The summed E-state index contributed by atoms with van der Waals surface area (Å²) in [6.45, 7) is 7.19. The molecule has 1 saturated heterocycles. The van der Waals surface area contributed by atoms with Crippen molar-refractivity contribution < 1.29 is 19.1 Å². The molecule has 8 nitrogen and oxygen atoms in total. The van der Waals surface area contributed by atoms with Crippen LogP contribution in [0.2, 0.25) is 10.0 Å². The van der Waals surface area contributed by atoms with Crippen molar-refractivity contribution in [3.05, 3.63) is 45.1 Å². The Labute approximate surface area is 209 Å². The molecular weight excluding hydrogens is 479 g/mol. The standard InChI is InChI=1S/C24H30Cl2N4O4/c1-3-30-18(14-28-10-12-29(13-11-28)22(31)15-8-9-15)19(23(32)34-4-2)21(27-24(30)33)16-6-5-7-17(25)20(16)26/h5-7,15,21H,3-4,8-14H2,1-2H3,(H,27,33)/t21-/m1/s1. The number of benzene rings is 1. The molecule has 3 amide bonds. The lowest BCUT2D eigenvalue weighted by Crippen LogP contribution is -2.54. The Balaban J connectivity index is 1.66. The first-order chi connectivity index (χ1) is 16.3. The van der Waals surface area contributed by atoms with Gasteiger partial charge in [-0.15, -0.1) is 0 Å². The van der Waals surface area contributed by atoms with E-state index in [2.05, 4.69) is 10.2 Å². The fraction of sp³-hybridized carbons (Fsp3) is 0.542. The molecule has 2 fully saturated rings. The van der Waals surface area contributed by atoms with Crippen LogP contribution in [-0.4, -0.2) is 78.5 Å². The molecule has 10 heteroatoms. The number of nitrogens with zero attached hydrogens (tertiary/aromatic N) is 3. The molecule has 2 heterocycles. The number of piperazine rings is 1. The van der Waals surface area contributed by atoms with Gasteiger partial charge in [-0.1, -0.05) is 35.3 Å². The van der Waals surface area contributed by atoms with Gasteiger partial charge >= 0.3 is 12.0 Å². The number of halogens is 2. The Morgan fingerprint density at radius 1 is 1.12 bits per heavy atom. The van der Waals surface area contributed by atoms with Gasteiger partial charge in [-0.3, -0.25) is 14.6 Å². The minimum atomic E-state index is -0.784. The maximum absolute atomic E-state index is 13.2. The Bertz CT molecular complexity index is 1000. The van der Waals surface area contributed by atoms with E-state index in [0.29, 0.717) is 61.1 Å². The minimum Gasteiger partial charge on any atom is -0.463 e. The van der Waals surface area contributed by atoms with Crippen molar-refractivity contribution >= 4 is 41.1 Å². The highest BCUT2D eigenvalue weighted by molar-refractivity contribution is 6.42. The summed E-state index contributed by atoms with van der Waals surface area (Å²) in [4.78, 5) is 44.4. The van der Waals surface area contributed by atoms with E-state index in [-0.39, 0.29) is 29.5 Å². The summed E-state index contributed by atoms with van der Waals surface area (Å²) in [7, 11) is 0. The molecule has 3 aliphatic rings. The van der Waals surface area contributed by atoms with Crippen molar-refractivity contribution in [2.24, 2.45) is 5.92 Å². The van der Waals surface area contributed by atoms with E-state index in [1.54, 1.807) is 30.0 Å². The highest BCUT2D eigenvalue weighted by atomic mass is 35.5. The summed E-state index contributed by atoms with van der Waals surface area (Å²) >= 11 is 12.7. The van der Waals surface area contributed by atoms with Crippen LogP contribution in [0.15, 0.2) is 29.5 Å². The molecule has 2 aliphatic heterocycles. The maximum Gasteiger partial charge on any atom is 0.338 e. The summed E-state index contributed by atoms with van der Waals surface area (Å²) in [6, 6.07) is 4.05. The third-order valence-corrected chi connectivity index (χ3v) is 7.36. The second-order valence-corrected chi connectivity index (χ2v) is 9.51. The largest absolute Gasteiger partial charge is 0.463 e. The molecule has 0 aromatic heterocycles. The number of carbonyl (C=O) groups is 3. The quantitative estimate of drug-likeness (QED) is 0.570. The van der Waals surface area contributed by atoms with Crippen LogP contribution in [-0.2, 0) is 14.3 Å². The smallest absolute Gasteiger partial charge is 0.338 e. The highest BCUT2D eigenvalue weighted by Gasteiger charge is 2.40. The number of hydrogen-bond donors (Lipinski definition) is 1. The third-order valence-electron chi connectivity index (χ3n) is 6.53. The van der Waals surface area contributed by atoms with Crippen LogP contribution >= 0.6 is 23.2 Å². The van der Waals surface area contributed by atoms with Crippen molar-refractivity contribution in [3.63, 3.8) is 0 Å². The zero-order valence-electron chi connectivity index (χ0n) is 19.5. The number of likely N-dealkylation sites (N-methyl/N-ethyl adjacent to an activating group) is 1. The van der Waals surface area contributed by atoms with Gasteiger partial charge in [0.05, 0.1) is 28.3 Å². The average molecular weight is 509 g/mol. The summed E-state index contributed by atoms with van der Waals surface area (Å²) in [5.41, 5.74) is 1.48. The van der Waals surface area contributed by atoms with Crippen LogP contribution in [0, 0.1) is 5.92 Å². The van der Waals surface area contributed by atoms with E-state index in [9.17, 15) is 14.4 Å². The molecule has 1 aromatic carbocycles. The second-order valence-electron chi connectivity index (χ2n) is 8.73. The number of rotatable bonds is 7. The zero-order chi connectivity index (χ0) is 24.4. The number of urea groups is 1. The first kappa shape index (κ1) is 24.8. The Hall–Kier alpha value is -2.29. The molecule has 1 saturated carbocycles. The van der Waals surface area contributed by atoms with Crippen LogP contribution in [0.1, 0.15) is 38.3 Å². The molecular formula is C24H30Cl2N4O4. The van der Waals surface area contributed by atoms with Crippen LogP contribution in [0.5, 0.6) is 0 Å². The van der Waals surface area contributed by atoms with Crippen LogP contribution in [0.4, 0.5) is 4.79 Å². The number of amides is 3. The topological polar surface area (TPSA) is 82.2 Å². The van der Waals surface area contributed by atoms with Crippen molar-refractivity contribution in [3.8, 4) is 0 Å². The van der Waals surface area contributed by atoms with Gasteiger partial charge in [0.15, 0.2) is 0 Å². The molecule has 0 bridgehead atoms. The Kier molecular flexibility index (Phi) is 7.70. The van der Waals surface area contributed by atoms with E-state index in [4.69, 9.17) is 27.9 Å². The van der Waals surface area contributed by atoms with Crippen LogP contribution in [0.3, 0.4) is 0 Å². The molecule has 34 heavy (non-hydrogen) atoms. The lowest BCUT2D eigenvalue weighted by atomic mass is 9.94. The molecule has 0 unspecified atom stereocenters. The van der Waals surface area contributed by atoms with Crippen LogP contribution < -0.4 is 5.32 Å². The lowest BCUT2D eigenvalue weighted by molar-refractivity contribution is -0.139. The van der Waals surface area contributed by atoms with Crippen molar-refractivity contribution in [2.75, 3.05) is 45.9 Å². The first-order valence-electron chi connectivity index (χ1n) is 11.8. The third kappa shape index (κ3) is 5.04. The Morgan fingerprint density at radius 2 is 1.82 bits per heavy atom. The summed E-state index contributed by atoms with van der Waals surface area (Å²) in [5.74, 6) is -0.0565. The van der Waals surface area contributed by atoms with Gasteiger partial charge in [0.1, 0.15) is 0 Å². The van der Waals surface area contributed by atoms with Gasteiger partial charge in [-0.2, -0.15) is 0 Å². The molecule has 1 N–H and O–H groups in total. The fourth-order valence-electron chi connectivity index (χ4n) is 4.56. The summed E-state index contributed by atoms with van der Waals surface area (Å²) < 4.78 is 5.41. The van der Waals surface area contributed by atoms with Gasteiger partial charge in [0.2, 0.25) is 5.91 Å². The predicted octanol–water partition coefficient (Wildman–Crippen LogP) is 3.45. The SMILES string of the molecule is CCOC(=O)C1=C(CN2CCN(C(=O)C3CC3)CC2)N(CC)C(=O)N[C@@H]1c1cccc(Cl)c1Cl. The number of ether oxygens (including phenoxy) is 1. The van der Waals surface area contributed by atoms with Gasteiger partial charge in [-0.05, 0) is 38.3 Å². The molecule has 1 aliphatic carbocycles. The number of hydrogen-bond acceptors (Lipinski definition) is 5. The van der Waals surface area contributed by atoms with Crippen LogP contribution in [0.25, 0.3) is 0 Å². The van der Waals surface area contributed by atoms with Gasteiger partial charge in [0, 0.05) is 50.9 Å². The molecule has 4 rings (SSSR count). The van der Waals surface area contributed by atoms with Gasteiger partial charge in [0.25, 0.3) is 0 Å². The van der Waals surface area contributed by atoms with Gasteiger partial charge in [-0.25, -0.2) is 9.59 Å². The van der Waals surface area contributed by atoms with E-state index >= 15 is 0 Å². The van der Waals surface area contributed by atoms with E-state index in [0.717, 1.165) is 12.8 Å².